The van der Waals surface area contributed by atoms with E-state index in [-0.39, 0.29) is 16.8 Å². The number of hydrogen-bond donors (Lipinski definition) is 2. The first kappa shape index (κ1) is 14.4. The lowest BCUT2D eigenvalue weighted by molar-refractivity contribution is 0.0899. The van der Waals surface area contributed by atoms with Gasteiger partial charge in [-0.3, -0.25) is 4.79 Å². The van der Waals surface area contributed by atoms with Crippen LogP contribution in [0.25, 0.3) is 0 Å². The van der Waals surface area contributed by atoms with Crippen LogP contribution in [0.4, 0.5) is 4.39 Å². The summed E-state index contributed by atoms with van der Waals surface area (Å²) in [5, 5.41) is 3.06. The number of carbonyl (C=O) groups excluding carboxylic acids is 1. The first-order chi connectivity index (χ1) is 8.97. The number of nitrogens with one attached hydrogen (secondary N) is 1. The van der Waals surface area contributed by atoms with E-state index in [0.717, 1.165) is 25.2 Å². The fourth-order valence-corrected chi connectivity index (χ4v) is 3.00. The van der Waals surface area contributed by atoms with Crippen LogP contribution in [0.15, 0.2) is 23.1 Å². The molecule has 1 aliphatic rings. The summed E-state index contributed by atoms with van der Waals surface area (Å²) in [5.74, 6) is 0.683. The molecule has 1 saturated carbocycles. The number of carbonyl (C=O) groups is 1. The lowest BCUT2D eigenvalue weighted by Crippen LogP contribution is -2.42. The fourth-order valence-electron chi connectivity index (χ4n) is 2.79. The van der Waals surface area contributed by atoms with Crippen LogP contribution in [0, 0.1) is 17.7 Å². The van der Waals surface area contributed by atoms with E-state index >= 15 is 0 Å². The minimum atomic E-state index is -0.403. The van der Waals surface area contributed by atoms with Crippen molar-refractivity contribution in [3.05, 3.63) is 29.6 Å². The molecule has 1 aliphatic carbocycles. The summed E-state index contributed by atoms with van der Waals surface area (Å²) in [6.45, 7) is 4.43. The van der Waals surface area contributed by atoms with Crippen LogP contribution in [0.1, 0.15) is 43.5 Å². The lowest BCUT2D eigenvalue weighted by atomic mass is 9.80. The quantitative estimate of drug-likeness (QED) is 0.796. The zero-order valence-corrected chi connectivity index (χ0v) is 12.2. The van der Waals surface area contributed by atoms with Gasteiger partial charge in [0.2, 0.25) is 0 Å². The molecule has 4 heteroatoms. The Bertz CT molecular complexity index is 477. The van der Waals surface area contributed by atoms with Crippen molar-refractivity contribution >= 4 is 18.5 Å². The molecule has 2 rings (SSSR count). The van der Waals surface area contributed by atoms with E-state index in [1.807, 2.05) is 0 Å². The van der Waals surface area contributed by atoms with Crippen LogP contribution in [0.5, 0.6) is 0 Å². The molecule has 3 atom stereocenters. The van der Waals surface area contributed by atoms with E-state index in [1.165, 1.54) is 18.2 Å². The van der Waals surface area contributed by atoms with Crippen molar-refractivity contribution in [2.45, 2.75) is 44.0 Å². The topological polar surface area (TPSA) is 29.1 Å². The molecule has 0 saturated heterocycles. The molecule has 19 heavy (non-hydrogen) atoms. The Kier molecular flexibility index (Phi) is 4.50. The smallest absolute Gasteiger partial charge is 0.251 e. The summed E-state index contributed by atoms with van der Waals surface area (Å²) in [6, 6.07) is 4.48. The summed E-state index contributed by atoms with van der Waals surface area (Å²) in [6.07, 6.45) is 3.31. The van der Waals surface area contributed by atoms with Gasteiger partial charge in [0, 0.05) is 16.5 Å². The molecule has 104 valence electrons. The van der Waals surface area contributed by atoms with Gasteiger partial charge in [0.1, 0.15) is 5.82 Å². The zero-order chi connectivity index (χ0) is 14.0. The van der Waals surface area contributed by atoms with Gasteiger partial charge in [0.25, 0.3) is 5.91 Å². The van der Waals surface area contributed by atoms with Crippen molar-refractivity contribution in [2.75, 3.05) is 0 Å². The van der Waals surface area contributed by atoms with Gasteiger partial charge in [-0.05, 0) is 49.3 Å². The maximum absolute atomic E-state index is 13.1. The van der Waals surface area contributed by atoms with Crippen LogP contribution in [-0.2, 0) is 0 Å². The van der Waals surface area contributed by atoms with Gasteiger partial charge < -0.3 is 5.32 Å². The molecule has 1 N–H and O–H groups in total. The van der Waals surface area contributed by atoms with Crippen molar-refractivity contribution < 1.29 is 9.18 Å². The van der Waals surface area contributed by atoms with Crippen LogP contribution in [0.2, 0.25) is 0 Å². The molecule has 0 bridgehead atoms. The summed E-state index contributed by atoms with van der Waals surface area (Å²) in [7, 11) is 0. The Labute approximate surface area is 119 Å². The number of hydrogen-bond acceptors (Lipinski definition) is 2. The molecule has 1 amide bonds. The molecule has 2 nitrogen and oxygen atoms in total. The molecule has 0 aromatic heterocycles. The predicted molar refractivity (Wildman–Crippen MR) is 77.1 cm³/mol. The Morgan fingerprint density at radius 2 is 2.11 bits per heavy atom. The van der Waals surface area contributed by atoms with Crippen LogP contribution in [0.3, 0.4) is 0 Å². The number of amides is 1. The number of benzene rings is 1. The minimum Gasteiger partial charge on any atom is -0.349 e. The van der Waals surface area contributed by atoms with Crippen LogP contribution < -0.4 is 5.32 Å². The maximum Gasteiger partial charge on any atom is 0.251 e. The average molecular weight is 281 g/mol. The highest BCUT2D eigenvalue weighted by Gasteiger charge is 2.26. The van der Waals surface area contributed by atoms with E-state index in [4.69, 9.17) is 0 Å². The summed E-state index contributed by atoms with van der Waals surface area (Å²) < 4.78 is 13.1. The molecule has 0 heterocycles. The highest BCUT2D eigenvalue weighted by atomic mass is 32.1. The van der Waals surface area contributed by atoms with E-state index in [0.29, 0.717) is 11.5 Å². The Morgan fingerprint density at radius 1 is 1.37 bits per heavy atom. The van der Waals surface area contributed by atoms with E-state index in [1.54, 1.807) is 0 Å². The third-order valence-corrected chi connectivity index (χ3v) is 4.30. The second-order valence-electron chi connectivity index (χ2n) is 5.64. The van der Waals surface area contributed by atoms with Crippen molar-refractivity contribution in [1.82, 2.24) is 5.32 Å². The highest BCUT2D eigenvalue weighted by Crippen LogP contribution is 2.28. The Morgan fingerprint density at radius 3 is 2.74 bits per heavy atom. The van der Waals surface area contributed by atoms with Gasteiger partial charge in [-0.15, -0.1) is 12.6 Å². The zero-order valence-electron chi connectivity index (χ0n) is 11.3. The average Bonchev–Trinajstić information content (AvgIpc) is 2.36. The van der Waals surface area contributed by atoms with Crippen LogP contribution >= 0.6 is 12.6 Å². The second-order valence-corrected chi connectivity index (χ2v) is 6.12. The molecule has 0 aliphatic heterocycles. The molecular formula is C15H20FNOS. The monoisotopic (exact) mass is 281 g/mol. The van der Waals surface area contributed by atoms with Gasteiger partial charge in [-0.1, -0.05) is 13.8 Å². The minimum absolute atomic E-state index is 0.137. The summed E-state index contributed by atoms with van der Waals surface area (Å²) in [4.78, 5) is 12.3. The Balaban J connectivity index is 2.02. The van der Waals surface area contributed by atoms with Crippen molar-refractivity contribution in [2.24, 2.45) is 11.8 Å². The molecule has 0 spiro atoms. The second kappa shape index (κ2) is 5.95. The SMILES string of the molecule is CC1CCC(NC(=O)c2ccc(F)c(S)c2)C(C)C1. The molecule has 1 fully saturated rings. The number of thiol groups is 1. The molecule has 3 unspecified atom stereocenters. The van der Waals surface area contributed by atoms with Crippen molar-refractivity contribution in [1.29, 1.82) is 0 Å². The van der Waals surface area contributed by atoms with Gasteiger partial charge in [0.05, 0.1) is 0 Å². The molecule has 0 radical (unpaired) electrons. The summed E-state index contributed by atoms with van der Waals surface area (Å²) >= 11 is 4.00. The lowest BCUT2D eigenvalue weighted by Gasteiger charge is -2.33. The molecular weight excluding hydrogens is 261 g/mol. The molecule has 1 aromatic rings. The highest BCUT2D eigenvalue weighted by molar-refractivity contribution is 7.80. The van der Waals surface area contributed by atoms with E-state index in [9.17, 15) is 9.18 Å². The number of rotatable bonds is 2. The summed E-state index contributed by atoms with van der Waals surface area (Å²) in [5.41, 5.74) is 0.470. The normalized spacial score (nSPS) is 27.1. The van der Waals surface area contributed by atoms with E-state index in [2.05, 4.69) is 31.8 Å². The van der Waals surface area contributed by atoms with Crippen molar-refractivity contribution in [3.63, 3.8) is 0 Å². The van der Waals surface area contributed by atoms with E-state index < -0.39 is 5.82 Å². The third kappa shape index (κ3) is 3.50. The first-order valence-electron chi connectivity index (χ1n) is 6.76. The predicted octanol–water partition coefficient (Wildman–Crippen LogP) is 3.67. The van der Waals surface area contributed by atoms with Gasteiger partial charge >= 0.3 is 0 Å². The van der Waals surface area contributed by atoms with Gasteiger partial charge in [-0.2, -0.15) is 0 Å². The van der Waals surface area contributed by atoms with Crippen molar-refractivity contribution in [3.8, 4) is 0 Å². The van der Waals surface area contributed by atoms with Gasteiger partial charge in [0.15, 0.2) is 0 Å². The largest absolute Gasteiger partial charge is 0.349 e. The number of halogens is 1. The Hall–Kier alpha value is -1.03. The molecule has 1 aromatic carbocycles. The third-order valence-electron chi connectivity index (χ3n) is 3.96. The van der Waals surface area contributed by atoms with Crippen LogP contribution in [-0.4, -0.2) is 11.9 Å². The fraction of sp³-hybridized carbons (Fsp3) is 0.533. The van der Waals surface area contributed by atoms with Gasteiger partial charge in [-0.25, -0.2) is 4.39 Å². The first-order valence-corrected chi connectivity index (χ1v) is 7.21. The standard InChI is InChI=1S/C15H20FNOS/c1-9-3-6-13(10(2)7-9)17-15(18)11-4-5-12(16)14(19)8-11/h4-5,8-10,13,19H,3,6-7H2,1-2H3,(H,17,18). The maximum atomic E-state index is 13.1.